The molecule has 1 heterocycles. The summed E-state index contributed by atoms with van der Waals surface area (Å²) in [7, 11) is 0. The second-order valence-electron chi connectivity index (χ2n) is 6.63. The van der Waals surface area contributed by atoms with Crippen molar-refractivity contribution in [1.29, 1.82) is 0 Å². The number of hydrogen-bond acceptors (Lipinski definition) is 4. The molecule has 1 aromatic carbocycles. The highest BCUT2D eigenvalue weighted by Gasteiger charge is 2.29. The largest absolute Gasteiger partial charge is 0.462 e. The topological polar surface area (TPSA) is 55.4 Å². The summed E-state index contributed by atoms with van der Waals surface area (Å²) in [4.78, 5) is 26.2. The Balaban J connectivity index is 1.94. The van der Waals surface area contributed by atoms with E-state index in [-0.39, 0.29) is 5.56 Å². The van der Waals surface area contributed by atoms with Gasteiger partial charge in [0.2, 0.25) is 0 Å². The molecule has 0 aliphatic heterocycles. The summed E-state index contributed by atoms with van der Waals surface area (Å²) >= 11 is 1.40. The van der Waals surface area contributed by atoms with Gasteiger partial charge in [0.05, 0.1) is 17.7 Å². The van der Waals surface area contributed by atoms with Gasteiger partial charge in [-0.2, -0.15) is 0 Å². The molecule has 0 saturated carbocycles. The van der Waals surface area contributed by atoms with Crippen LogP contribution in [-0.4, -0.2) is 18.5 Å². The average Bonchev–Trinajstić information content (AvgIpc) is 2.96. The molecule has 0 saturated heterocycles. The van der Waals surface area contributed by atoms with Gasteiger partial charge in [0.1, 0.15) is 10.8 Å². The fourth-order valence-electron chi connectivity index (χ4n) is 3.14. The molecule has 138 valence electrons. The fraction of sp³-hybridized carbons (Fsp3) is 0.400. The molecule has 0 radical (unpaired) electrons. The maximum atomic E-state index is 13.9. The highest BCUT2D eigenvalue weighted by Crippen LogP contribution is 2.40. The number of ether oxygens (including phenoxy) is 1. The summed E-state index contributed by atoms with van der Waals surface area (Å²) in [5.74, 6) is -1.02. The Kier molecular flexibility index (Phi) is 5.71. The third-order valence-electron chi connectivity index (χ3n) is 4.50. The maximum absolute atomic E-state index is 13.9. The number of fused-ring (bicyclic) bond motifs is 1. The minimum Gasteiger partial charge on any atom is -0.462 e. The summed E-state index contributed by atoms with van der Waals surface area (Å²) in [5, 5.41) is 3.19. The molecule has 0 fully saturated rings. The van der Waals surface area contributed by atoms with Crippen LogP contribution in [0.5, 0.6) is 0 Å². The highest BCUT2D eigenvalue weighted by molar-refractivity contribution is 7.17. The lowest BCUT2D eigenvalue weighted by Crippen LogP contribution is -2.17. The van der Waals surface area contributed by atoms with Crippen molar-refractivity contribution in [3.63, 3.8) is 0 Å². The van der Waals surface area contributed by atoms with Crippen LogP contribution in [-0.2, 0) is 17.6 Å². The van der Waals surface area contributed by atoms with Crippen molar-refractivity contribution in [3.05, 3.63) is 51.7 Å². The van der Waals surface area contributed by atoms with Gasteiger partial charge < -0.3 is 10.1 Å². The van der Waals surface area contributed by atoms with Crippen molar-refractivity contribution in [2.75, 3.05) is 11.9 Å². The van der Waals surface area contributed by atoms with Crippen molar-refractivity contribution < 1.29 is 18.7 Å². The molecule has 4 nitrogen and oxygen atoms in total. The number of halogens is 1. The molecule has 2 aromatic rings. The van der Waals surface area contributed by atoms with Gasteiger partial charge in [0, 0.05) is 4.88 Å². The molecule has 3 rings (SSSR count). The number of hydrogen-bond donors (Lipinski definition) is 1. The van der Waals surface area contributed by atoms with Crippen LogP contribution in [0.4, 0.5) is 9.39 Å². The van der Waals surface area contributed by atoms with Gasteiger partial charge in [-0.05, 0) is 49.3 Å². The first-order valence-corrected chi connectivity index (χ1v) is 9.70. The van der Waals surface area contributed by atoms with Crippen LogP contribution < -0.4 is 5.32 Å². The van der Waals surface area contributed by atoms with E-state index in [0.29, 0.717) is 23.1 Å². The molecule has 26 heavy (non-hydrogen) atoms. The minimum atomic E-state index is -0.588. The number of nitrogens with one attached hydrogen (secondary N) is 1. The molecule has 1 aromatic heterocycles. The predicted molar refractivity (Wildman–Crippen MR) is 100 cm³/mol. The summed E-state index contributed by atoms with van der Waals surface area (Å²) in [6, 6.07) is 5.81. The lowest BCUT2D eigenvalue weighted by molar-refractivity contribution is 0.0505. The quantitative estimate of drug-likeness (QED) is 0.762. The predicted octanol–water partition coefficient (Wildman–Crippen LogP) is 4.83. The molecule has 1 atom stereocenters. The Morgan fingerprint density at radius 1 is 1.35 bits per heavy atom. The van der Waals surface area contributed by atoms with E-state index in [0.717, 1.165) is 36.1 Å². The molecule has 1 aliphatic rings. The second-order valence-corrected chi connectivity index (χ2v) is 7.73. The molecule has 0 spiro atoms. The van der Waals surface area contributed by atoms with Gasteiger partial charge in [-0.15, -0.1) is 11.3 Å². The Hall–Kier alpha value is -2.21. The zero-order valence-corrected chi connectivity index (χ0v) is 15.7. The van der Waals surface area contributed by atoms with E-state index in [1.807, 2.05) is 6.92 Å². The first-order valence-electron chi connectivity index (χ1n) is 8.88. The van der Waals surface area contributed by atoms with Gasteiger partial charge in [0.25, 0.3) is 5.91 Å². The van der Waals surface area contributed by atoms with Crippen molar-refractivity contribution in [2.45, 2.75) is 39.5 Å². The standard InChI is InChI=1S/C20H22FNO3S/c1-3-10-25-20(24)17-14-9-8-12(2)11-16(14)26-19(17)22-18(23)13-6-4-5-7-15(13)21/h4-7,12H,3,8-11H2,1-2H3,(H,22,23). The summed E-state index contributed by atoms with van der Waals surface area (Å²) in [5.41, 5.74) is 1.37. The molecule has 6 heteroatoms. The third-order valence-corrected chi connectivity index (χ3v) is 5.67. The van der Waals surface area contributed by atoms with Crippen LogP contribution in [0.1, 0.15) is 57.8 Å². The van der Waals surface area contributed by atoms with Crippen LogP contribution in [0.3, 0.4) is 0 Å². The molecular weight excluding hydrogens is 353 g/mol. The second kappa shape index (κ2) is 7.99. The van der Waals surface area contributed by atoms with Crippen LogP contribution in [0.2, 0.25) is 0 Å². The van der Waals surface area contributed by atoms with Crippen molar-refractivity contribution >= 4 is 28.2 Å². The van der Waals surface area contributed by atoms with Gasteiger partial charge in [-0.1, -0.05) is 26.0 Å². The number of rotatable bonds is 5. The van der Waals surface area contributed by atoms with Crippen LogP contribution in [0.15, 0.2) is 24.3 Å². The molecule has 1 N–H and O–H groups in total. The number of anilines is 1. The lowest BCUT2D eigenvalue weighted by atomic mass is 9.88. The summed E-state index contributed by atoms with van der Waals surface area (Å²) in [6.07, 6.45) is 3.40. The smallest absolute Gasteiger partial charge is 0.341 e. The third kappa shape index (κ3) is 3.80. The van der Waals surface area contributed by atoms with Crippen molar-refractivity contribution in [1.82, 2.24) is 0 Å². The Morgan fingerprint density at radius 3 is 2.85 bits per heavy atom. The van der Waals surface area contributed by atoms with Gasteiger partial charge in [0.15, 0.2) is 0 Å². The van der Waals surface area contributed by atoms with Crippen LogP contribution in [0, 0.1) is 11.7 Å². The van der Waals surface area contributed by atoms with E-state index in [1.54, 1.807) is 6.07 Å². The van der Waals surface area contributed by atoms with Crippen molar-refractivity contribution in [3.8, 4) is 0 Å². The van der Waals surface area contributed by atoms with E-state index < -0.39 is 17.7 Å². The number of benzene rings is 1. The van der Waals surface area contributed by atoms with Crippen LogP contribution in [0.25, 0.3) is 0 Å². The van der Waals surface area contributed by atoms with Gasteiger partial charge in [-0.25, -0.2) is 9.18 Å². The number of carbonyl (C=O) groups excluding carboxylic acids is 2. The number of thiophene rings is 1. The first-order chi connectivity index (χ1) is 12.5. The molecular formula is C20H22FNO3S. The van der Waals surface area contributed by atoms with Crippen LogP contribution >= 0.6 is 11.3 Å². The summed E-state index contributed by atoms with van der Waals surface area (Å²) < 4.78 is 19.2. The zero-order valence-electron chi connectivity index (χ0n) is 14.9. The molecule has 1 aliphatic carbocycles. The average molecular weight is 375 g/mol. The minimum absolute atomic E-state index is 0.0416. The summed E-state index contributed by atoms with van der Waals surface area (Å²) in [6.45, 7) is 4.44. The van der Waals surface area contributed by atoms with E-state index in [2.05, 4.69) is 12.2 Å². The maximum Gasteiger partial charge on any atom is 0.341 e. The number of carbonyl (C=O) groups is 2. The first kappa shape index (κ1) is 18.6. The van der Waals surface area contributed by atoms with E-state index in [4.69, 9.17) is 4.74 Å². The normalized spacial score (nSPS) is 16.0. The van der Waals surface area contributed by atoms with Gasteiger partial charge >= 0.3 is 5.97 Å². The van der Waals surface area contributed by atoms with Crippen molar-refractivity contribution in [2.24, 2.45) is 5.92 Å². The fourth-order valence-corrected chi connectivity index (χ4v) is 4.53. The van der Waals surface area contributed by atoms with E-state index in [1.165, 1.54) is 29.5 Å². The SMILES string of the molecule is CCCOC(=O)c1c(NC(=O)c2ccccc2F)sc2c1CCC(C)C2. The lowest BCUT2D eigenvalue weighted by Gasteiger charge is -2.18. The Morgan fingerprint density at radius 2 is 2.12 bits per heavy atom. The van der Waals surface area contributed by atoms with Gasteiger partial charge in [-0.3, -0.25) is 4.79 Å². The van der Waals surface area contributed by atoms with E-state index >= 15 is 0 Å². The Bertz CT molecular complexity index is 830. The number of amides is 1. The molecule has 0 bridgehead atoms. The highest BCUT2D eigenvalue weighted by atomic mass is 32.1. The number of esters is 1. The molecule has 1 amide bonds. The molecule has 1 unspecified atom stereocenters. The zero-order chi connectivity index (χ0) is 18.7. The Labute approximate surface area is 156 Å². The van der Waals surface area contributed by atoms with E-state index in [9.17, 15) is 14.0 Å². The monoisotopic (exact) mass is 375 g/mol.